The van der Waals surface area contributed by atoms with E-state index in [4.69, 9.17) is 9.73 Å². The van der Waals surface area contributed by atoms with Crippen LogP contribution in [0.1, 0.15) is 56.4 Å². The van der Waals surface area contributed by atoms with E-state index in [0.717, 1.165) is 56.9 Å². The molecule has 9 heteroatoms. The van der Waals surface area contributed by atoms with Crippen LogP contribution in [0.4, 0.5) is 5.69 Å². The van der Waals surface area contributed by atoms with Gasteiger partial charge in [-0.3, -0.25) is 0 Å². The summed E-state index contributed by atoms with van der Waals surface area (Å²) in [5.41, 5.74) is 2.56. The predicted octanol–water partition coefficient (Wildman–Crippen LogP) is 3.56. The summed E-state index contributed by atoms with van der Waals surface area (Å²) in [4.78, 5) is 7.24. The van der Waals surface area contributed by atoms with Crippen molar-refractivity contribution in [3.63, 3.8) is 0 Å². The summed E-state index contributed by atoms with van der Waals surface area (Å²) < 4.78 is 7.42. The van der Waals surface area contributed by atoms with Gasteiger partial charge in [-0.05, 0) is 57.7 Å². The molecule has 2 N–H and O–H groups in total. The summed E-state index contributed by atoms with van der Waals surface area (Å²) in [6.07, 6.45) is 3.49. The summed E-state index contributed by atoms with van der Waals surface area (Å²) in [6, 6.07) is 8.95. The van der Waals surface area contributed by atoms with Crippen LogP contribution in [0.15, 0.2) is 29.3 Å². The molecular weight excluding hydrogens is 517 g/mol. The van der Waals surface area contributed by atoms with E-state index in [0.29, 0.717) is 6.54 Å². The monoisotopic (exact) mass is 555 g/mol. The minimum atomic E-state index is 0. The number of benzene rings is 1. The van der Waals surface area contributed by atoms with E-state index < -0.39 is 0 Å². The lowest BCUT2D eigenvalue weighted by Gasteiger charge is -2.22. The van der Waals surface area contributed by atoms with Gasteiger partial charge < -0.3 is 24.8 Å². The second kappa shape index (κ2) is 13.6. The summed E-state index contributed by atoms with van der Waals surface area (Å²) in [5.74, 6) is 2.50. The van der Waals surface area contributed by atoms with Gasteiger partial charge in [-0.2, -0.15) is 0 Å². The molecular formula is C23H38IN7O. The van der Waals surface area contributed by atoms with Gasteiger partial charge in [-0.25, -0.2) is 4.99 Å². The molecule has 1 atom stereocenters. The van der Waals surface area contributed by atoms with E-state index in [2.05, 4.69) is 56.9 Å². The molecule has 1 aromatic carbocycles. The van der Waals surface area contributed by atoms with Gasteiger partial charge >= 0.3 is 0 Å². The minimum absolute atomic E-state index is 0. The zero-order valence-electron chi connectivity index (χ0n) is 19.8. The van der Waals surface area contributed by atoms with Crippen LogP contribution in [0.2, 0.25) is 0 Å². The highest BCUT2D eigenvalue weighted by Crippen LogP contribution is 2.24. The molecule has 2 aromatic rings. The van der Waals surface area contributed by atoms with Crippen molar-refractivity contribution in [2.75, 3.05) is 37.7 Å². The Hall–Kier alpha value is -1.88. The van der Waals surface area contributed by atoms with Gasteiger partial charge in [0.15, 0.2) is 11.8 Å². The van der Waals surface area contributed by atoms with Gasteiger partial charge in [-0.15, -0.1) is 34.2 Å². The fourth-order valence-corrected chi connectivity index (χ4v) is 3.67. The second-order valence-corrected chi connectivity index (χ2v) is 8.02. The highest BCUT2D eigenvalue weighted by molar-refractivity contribution is 14.0. The van der Waals surface area contributed by atoms with Crippen molar-refractivity contribution >= 4 is 35.6 Å². The van der Waals surface area contributed by atoms with Crippen LogP contribution in [0.3, 0.4) is 0 Å². The van der Waals surface area contributed by atoms with E-state index in [-0.39, 0.29) is 30.0 Å². The van der Waals surface area contributed by atoms with Crippen molar-refractivity contribution < 1.29 is 4.74 Å². The van der Waals surface area contributed by atoms with E-state index >= 15 is 0 Å². The fourth-order valence-electron chi connectivity index (χ4n) is 3.67. The van der Waals surface area contributed by atoms with Crippen LogP contribution in [0.25, 0.3) is 0 Å². The maximum atomic E-state index is 5.45. The fraction of sp³-hybridized carbons (Fsp3) is 0.609. The normalized spacial score (nSPS) is 14.9. The highest BCUT2D eigenvalue weighted by Gasteiger charge is 2.15. The van der Waals surface area contributed by atoms with Crippen LogP contribution in [-0.2, 0) is 18.3 Å². The summed E-state index contributed by atoms with van der Waals surface area (Å²) in [5, 5.41) is 15.4. The van der Waals surface area contributed by atoms with Crippen LogP contribution in [0, 0.1) is 6.92 Å². The molecule has 8 nitrogen and oxygen atoms in total. The number of hydrogen-bond acceptors (Lipinski definition) is 5. The Bertz CT molecular complexity index is 849. The van der Waals surface area contributed by atoms with E-state index in [9.17, 15) is 0 Å². The third kappa shape index (κ3) is 7.61. The Morgan fingerprint density at radius 2 is 2.03 bits per heavy atom. The Kier molecular flexibility index (Phi) is 11.2. The Labute approximate surface area is 209 Å². The van der Waals surface area contributed by atoms with Crippen LogP contribution < -0.4 is 15.5 Å². The topological polar surface area (TPSA) is 79.6 Å². The summed E-state index contributed by atoms with van der Waals surface area (Å²) in [6.45, 7) is 11.2. The lowest BCUT2D eigenvalue weighted by Crippen LogP contribution is -2.39. The number of aryl methyl sites for hydroxylation is 1. The number of hydrogen-bond donors (Lipinski definition) is 2. The quantitative estimate of drug-likeness (QED) is 0.202. The van der Waals surface area contributed by atoms with Crippen LogP contribution in [0.5, 0.6) is 0 Å². The molecule has 0 radical (unpaired) electrons. The number of ether oxygens (including phenoxy) is 1. The Balaban J connectivity index is 0.00000363. The molecule has 1 aliphatic heterocycles. The number of aliphatic imine (C=N–C) groups is 1. The first-order valence-electron chi connectivity index (χ1n) is 11.4. The second-order valence-electron chi connectivity index (χ2n) is 8.02. The number of halogens is 1. The third-order valence-corrected chi connectivity index (χ3v) is 5.72. The van der Waals surface area contributed by atoms with Gasteiger partial charge in [0, 0.05) is 45.6 Å². The van der Waals surface area contributed by atoms with Gasteiger partial charge in [0.05, 0.1) is 6.04 Å². The smallest absolute Gasteiger partial charge is 0.192 e. The lowest BCUT2D eigenvalue weighted by molar-refractivity contribution is 0.145. The van der Waals surface area contributed by atoms with Crippen molar-refractivity contribution in [1.82, 2.24) is 25.4 Å². The van der Waals surface area contributed by atoms with Gasteiger partial charge in [0.1, 0.15) is 12.4 Å². The molecule has 0 spiro atoms. The van der Waals surface area contributed by atoms with E-state index in [1.165, 1.54) is 24.1 Å². The largest absolute Gasteiger partial charge is 0.382 e. The van der Waals surface area contributed by atoms with Crippen molar-refractivity contribution in [2.24, 2.45) is 12.0 Å². The first-order chi connectivity index (χ1) is 15.1. The molecule has 3 rings (SSSR count). The lowest BCUT2D eigenvalue weighted by atomic mass is 10.1. The zero-order valence-corrected chi connectivity index (χ0v) is 22.1. The molecule has 0 aliphatic carbocycles. The number of anilines is 1. The van der Waals surface area contributed by atoms with Crippen LogP contribution in [-0.4, -0.2) is 53.6 Å². The molecule has 0 amide bonds. The summed E-state index contributed by atoms with van der Waals surface area (Å²) >= 11 is 0. The first-order valence-corrected chi connectivity index (χ1v) is 11.4. The molecule has 0 saturated carbocycles. The minimum Gasteiger partial charge on any atom is -0.382 e. The Morgan fingerprint density at radius 1 is 1.25 bits per heavy atom. The Morgan fingerprint density at radius 3 is 2.72 bits per heavy atom. The molecule has 2 heterocycles. The van der Waals surface area contributed by atoms with Crippen molar-refractivity contribution in [3.05, 3.63) is 41.5 Å². The van der Waals surface area contributed by atoms with Gasteiger partial charge in [-0.1, -0.05) is 12.1 Å². The van der Waals surface area contributed by atoms with Crippen LogP contribution >= 0.6 is 24.0 Å². The maximum Gasteiger partial charge on any atom is 0.192 e. The standard InChI is InChI=1S/C23H37N7O.HI/c1-5-31-15-9-12-24-23(25-17-22-28-27-19(3)29(22)4)26-18(2)20-10-8-11-21(16-20)30-13-6-7-14-30;/h8,10-11,16,18H,5-7,9,12-15,17H2,1-4H3,(H2,24,25,26);1H. The summed E-state index contributed by atoms with van der Waals surface area (Å²) in [7, 11) is 1.97. The average Bonchev–Trinajstić information content (AvgIpc) is 3.43. The van der Waals surface area contributed by atoms with E-state index in [1.807, 2.05) is 25.5 Å². The number of aromatic nitrogens is 3. The molecule has 178 valence electrons. The number of rotatable bonds is 10. The zero-order chi connectivity index (χ0) is 22.1. The molecule has 1 saturated heterocycles. The highest BCUT2D eigenvalue weighted by atomic mass is 127. The third-order valence-electron chi connectivity index (χ3n) is 5.72. The SMILES string of the molecule is CCOCCCNC(=NCc1nnc(C)n1C)NC(C)c1cccc(N2CCCC2)c1.I. The number of guanidine groups is 1. The number of nitrogens with one attached hydrogen (secondary N) is 2. The molecule has 1 aliphatic rings. The van der Waals surface area contributed by atoms with Gasteiger partial charge in [0.2, 0.25) is 0 Å². The number of nitrogens with zero attached hydrogens (tertiary/aromatic N) is 5. The predicted molar refractivity (Wildman–Crippen MR) is 141 cm³/mol. The maximum absolute atomic E-state index is 5.45. The molecule has 1 aromatic heterocycles. The average molecular weight is 556 g/mol. The van der Waals surface area contributed by atoms with Crippen molar-refractivity contribution in [2.45, 2.75) is 52.6 Å². The molecule has 32 heavy (non-hydrogen) atoms. The molecule has 1 unspecified atom stereocenters. The first kappa shape index (κ1) is 26.4. The van der Waals surface area contributed by atoms with Crippen molar-refractivity contribution in [3.8, 4) is 0 Å². The van der Waals surface area contributed by atoms with E-state index in [1.54, 1.807) is 0 Å². The molecule has 1 fully saturated rings. The molecule has 0 bridgehead atoms. The van der Waals surface area contributed by atoms with Crippen molar-refractivity contribution in [1.29, 1.82) is 0 Å². The van der Waals surface area contributed by atoms with Gasteiger partial charge in [0.25, 0.3) is 0 Å².